The Balaban J connectivity index is 0.000000765. The van der Waals surface area contributed by atoms with Crippen LogP contribution in [0.5, 0.6) is 5.88 Å². The number of aldehydes is 1. The molecule has 0 bridgehead atoms. The molecule has 0 aliphatic carbocycles. The van der Waals surface area contributed by atoms with Gasteiger partial charge in [0.25, 0.3) is 5.88 Å². The molecule has 1 fully saturated rings. The summed E-state index contributed by atoms with van der Waals surface area (Å²) in [6, 6.07) is 10.7. The quantitative estimate of drug-likeness (QED) is 0.222. The van der Waals surface area contributed by atoms with Crippen molar-refractivity contribution >= 4 is 18.1 Å². The van der Waals surface area contributed by atoms with Gasteiger partial charge in [-0.25, -0.2) is 0 Å². The molecule has 3 unspecified atom stereocenters. The van der Waals surface area contributed by atoms with E-state index in [0.29, 0.717) is 25.0 Å². The Morgan fingerprint density at radius 2 is 1.91 bits per heavy atom. The van der Waals surface area contributed by atoms with E-state index in [4.69, 9.17) is 9.26 Å². The molecule has 2 aromatic heterocycles. The molecule has 1 saturated heterocycles. The van der Waals surface area contributed by atoms with Gasteiger partial charge in [-0.1, -0.05) is 52.0 Å². The lowest BCUT2D eigenvalue weighted by atomic mass is 9.91. The zero-order valence-electron chi connectivity index (χ0n) is 26.2. The standard InChI is InChI=1S/C27H33N5O5.C5H13N/c1-17(2)25(23-16-24(30-37-23)36-15-14-33)27(35)32-13-5-6-22(32)26(34)29-18(3)19-7-9-20(10-8-19)21-11-12-28-31(21)4;1-3-5-6-4-2/h7-12,14,16-18,22,25H,5-6,13,15H2,1-4H3,(H,29,34);6H,3-5H2,1-2H3. The molecule has 43 heavy (non-hydrogen) atoms. The number of ether oxygens (including phenoxy) is 1. The first-order chi connectivity index (χ1) is 20.7. The van der Waals surface area contributed by atoms with Gasteiger partial charge < -0.3 is 24.8 Å². The van der Waals surface area contributed by atoms with Crippen molar-refractivity contribution < 1.29 is 23.6 Å². The van der Waals surface area contributed by atoms with E-state index in [-0.39, 0.29) is 36.3 Å². The van der Waals surface area contributed by atoms with Crippen molar-refractivity contribution in [2.75, 3.05) is 26.2 Å². The molecule has 1 aromatic carbocycles. The van der Waals surface area contributed by atoms with Crippen LogP contribution in [0.25, 0.3) is 11.3 Å². The highest BCUT2D eigenvalue weighted by atomic mass is 16.5. The molecule has 234 valence electrons. The number of rotatable bonds is 13. The van der Waals surface area contributed by atoms with E-state index in [1.807, 2.05) is 62.8 Å². The minimum atomic E-state index is -0.619. The van der Waals surface area contributed by atoms with Crippen molar-refractivity contribution in [3.8, 4) is 17.1 Å². The normalized spacial score (nSPS) is 15.9. The molecule has 3 atom stereocenters. The summed E-state index contributed by atoms with van der Waals surface area (Å²) in [5.41, 5.74) is 3.03. The second-order valence-corrected chi connectivity index (χ2v) is 11.0. The average molecular weight is 595 g/mol. The first-order valence-electron chi connectivity index (χ1n) is 15.1. The molecule has 2 amide bonds. The highest BCUT2D eigenvalue weighted by Crippen LogP contribution is 2.32. The van der Waals surface area contributed by atoms with E-state index >= 15 is 0 Å². The summed E-state index contributed by atoms with van der Waals surface area (Å²) in [5, 5.41) is 14.3. The van der Waals surface area contributed by atoms with Crippen LogP contribution in [0.4, 0.5) is 0 Å². The number of hydrogen-bond donors (Lipinski definition) is 2. The summed E-state index contributed by atoms with van der Waals surface area (Å²) < 4.78 is 12.4. The van der Waals surface area contributed by atoms with Gasteiger partial charge >= 0.3 is 0 Å². The predicted octanol–water partition coefficient (Wildman–Crippen LogP) is 4.27. The molecule has 11 heteroatoms. The number of benzene rings is 1. The van der Waals surface area contributed by atoms with Gasteiger partial charge in [0.05, 0.1) is 11.7 Å². The van der Waals surface area contributed by atoms with Crippen molar-refractivity contribution in [3.05, 3.63) is 53.9 Å². The Morgan fingerprint density at radius 1 is 1.16 bits per heavy atom. The summed E-state index contributed by atoms with van der Waals surface area (Å²) in [4.78, 5) is 39.1. The number of aryl methyl sites for hydroxylation is 1. The zero-order chi connectivity index (χ0) is 31.4. The van der Waals surface area contributed by atoms with E-state index < -0.39 is 12.0 Å². The fourth-order valence-electron chi connectivity index (χ4n) is 5.17. The van der Waals surface area contributed by atoms with Crippen molar-refractivity contribution in [3.63, 3.8) is 0 Å². The third-order valence-corrected chi connectivity index (χ3v) is 7.45. The first kappa shape index (κ1) is 33.5. The maximum Gasteiger partial charge on any atom is 0.254 e. The fourth-order valence-corrected chi connectivity index (χ4v) is 5.17. The zero-order valence-corrected chi connectivity index (χ0v) is 26.2. The molecule has 2 N–H and O–H groups in total. The lowest BCUT2D eigenvalue weighted by Crippen LogP contribution is -2.48. The van der Waals surface area contributed by atoms with Crippen LogP contribution < -0.4 is 15.4 Å². The van der Waals surface area contributed by atoms with Crippen LogP contribution in [0.15, 0.2) is 47.1 Å². The Labute approximate surface area is 254 Å². The SMILES string of the molecule is CC(NC(=O)C1CCCN1C(=O)C(c1cc(OCC=O)no1)C(C)C)c1ccc(-c2ccnn2C)cc1.CCCNCC. The Kier molecular flexibility index (Phi) is 12.9. The van der Waals surface area contributed by atoms with Gasteiger partial charge in [0, 0.05) is 25.9 Å². The second-order valence-electron chi connectivity index (χ2n) is 11.0. The van der Waals surface area contributed by atoms with Gasteiger partial charge in [-0.15, -0.1) is 0 Å². The molecule has 11 nitrogen and oxygen atoms in total. The molecule has 4 rings (SSSR count). The number of carbonyl (C=O) groups is 3. The van der Waals surface area contributed by atoms with Crippen LogP contribution in [0, 0.1) is 5.92 Å². The summed E-state index contributed by atoms with van der Waals surface area (Å²) in [7, 11) is 1.90. The van der Waals surface area contributed by atoms with E-state index in [2.05, 4.69) is 34.7 Å². The molecule has 1 aliphatic rings. The van der Waals surface area contributed by atoms with Gasteiger partial charge in [-0.3, -0.25) is 19.1 Å². The summed E-state index contributed by atoms with van der Waals surface area (Å²) in [6.45, 7) is 12.7. The number of hydrogen-bond acceptors (Lipinski definition) is 8. The summed E-state index contributed by atoms with van der Waals surface area (Å²) in [5.74, 6) is -0.566. The van der Waals surface area contributed by atoms with Crippen LogP contribution in [0.2, 0.25) is 0 Å². The Bertz CT molecular complexity index is 1300. The topological polar surface area (TPSA) is 132 Å². The van der Waals surface area contributed by atoms with Crippen LogP contribution in [-0.4, -0.2) is 70.2 Å². The maximum absolute atomic E-state index is 13.6. The number of likely N-dealkylation sites (tertiary alicyclic amines) is 1. The van der Waals surface area contributed by atoms with Crippen molar-refractivity contribution in [2.24, 2.45) is 13.0 Å². The van der Waals surface area contributed by atoms with E-state index in [0.717, 1.165) is 36.3 Å². The molecule has 1 aliphatic heterocycles. The highest BCUT2D eigenvalue weighted by Gasteiger charge is 2.40. The smallest absolute Gasteiger partial charge is 0.254 e. The maximum atomic E-state index is 13.6. The van der Waals surface area contributed by atoms with Crippen LogP contribution >= 0.6 is 0 Å². The molecule has 0 saturated carbocycles. The number of nitrogens with one attached hydrogen (secondary N) is 2. The van der Waals surface area contributed by atoms with Crippen LogP contribution in [0.3, 0.4) is 0 Å². The molecular formula is C32H46N6O5. The highest BCUT2D eigenvalue weighted by molar-refractivity contribution is 5.91. The van der Waals surface area contributed by atoms with Crippen molar-refractivity contribution in [1.29, 1.82) is 0 Å². The number of amides is 2. The molecular weight excluding hydrogens is 548 g/mol. The molecule has 3 heterocycles. The monoisotopic (exact) mass is 594 g/mol. The van der Waals surface area contributed by atoms with Gasteiger partial charge in [-0.2, -0.15) is 5.10 Å². The second kappa shape index (κ2) is 16.6. The van der Waals surface area contributed by atoms with Gasteiger partial charge in [0.15, 0.2) is 12.0 Å². The van der Waals surface area contributed by atoms with Gasteiger partial charge in [-0.05, 0) is 67.5 Å². The fraction of sp³-hybridized carbons (Fsp3) is 0.531. The Hall–Kier alpha value is -3.99. The number of carbonyl (C=O) groups excluding carboxylic acids is 3. The number of aromatic nitrogens is 3. The van der Waals surface area contributed by atoms with Crippen molar-refractivity contribution in [1.82, 2.24) is 30.5 Å². The lowest BCUT2D eigenvalue weighted by Gasteiger charge is -2.29. The van der Waals surface area contributed by atoms with E-state index in [1.165, 1.54) is 12.5 Å². The molecule has 0 radical (unpaired) electrons. The minimum Gasteiger partial charge on any atom is -0.468 e. The molecule has 0 spiro atoms. The first-order valence-corrected chi connectivity index (χ1v) is 15.1. The minimum absolute atomic E-state index is 0.0967. The third kappa shape index (κ3) is 9.00. The molecule has 3 aromatic rings. The van der Waals surface area contributed by atoms with Gasteiger partial charge in [0.2, 0.25) is 11.8 Å². The Morgan fingerprint density at radius 3 is 2.49 bits per heavy atom. The lowest BCUT2D eigenvalue weighted by molar-refractivity contribution is -0.141. The largest absolute Gasteiger partial charge is 0.468 e. The van der Waals surface area contributed by atoms with Crippen LogP contribution in [-0.2, 0) is 21.4 Å². The predicted molar refractivity (Wildman–Crippen MR) is 164 cm³/mol. The van der Waals surface area contributed by atoms with E-state index in [9.17, 15) is 14.4 Å². The number of nitrogens with zero attached hydrogens (tertiary/aromatic N) is 4. The third-order valence-electron chi connectivity index (χ3n) is 7.45. The average Bonchev–Trinajstić information content (AvgIpc) is 3.77. The summed E-state index contributed by atoms with van der Waals surface area (Å²) >= 11 is 0. The van der Waals surface area contributed by atoms with Crippen molar-refractivity contribution in [2.45, 2.75) is 71.9 Å². The van der Waals surface area contributed by atoms with Gasteiger partial charge in [0.1, 0.15) is 18.6 Å². The summed E-state index contributed by atoms with van der Waals surface area (Å²) in [6.07, 6.45) is 4.95. The van der Waals surface area contributed by atoms with Crippen LogP contribution in [0.1, 0.15) is 77.2 Å². The van der Waals surface area contributed by atoms with E-state index in [1.54, 1.807) is 11.1 Å².